The minimum atomic E-state index is 0.0773. The van der Waals surface area contributed by atoms with Crippen molar-refractivity contribution in [2.24, 2.45) is 0 Å². The minimum absolute atomic E-state index is 0.0773. The van der Waals surface area contributed by atoms with Crippen molar-refractivity contribution >= 4 is 21.6 Å². The van der Waals surface area contributed by atoms with Gasteiger partial charge in [-0.15, -0.1) is 0 Å². The van der Waals surface area contributed by atoms with Gasteiger partial charge in [-0.05, 0) is 18.2 Å². The van der Waals surface area contributed by atoms with Gasteiger partial charge in [0.1, 0.15) is 6.07 Å². The second kappa shape index (κ2) is 4.99. The Kier molecular flexibility index (Phi) is 3.93. The van der Waals surface area contributed by atoms with Gasteiger partial charge in [0.05, 0.1) is 17.9 Å². The zero-order chi connectivity index (χ0) is 10.6. The molecule has 74 valence electrons. The van der Waals surface area contributed by atoms with Gasteiger partial charge in [-0.2, -0.15) is 5.26 Å². The fourth-order valence-electron chi connectivity index (χ4n) is 1.19. The normalized spacial score (nSPS) is 9.57. The summed E-state index contributed by atoms with van der Waals surface area (Å²) in [7, 11) is 1.85. The van der Waals surface area contributed by atoms with Gasteiger partial charge in [-0.25, -0.2) is 0 Å². The first kappa shape index (κ1) is 11.0. The summed E-state index contributed by atoms with van der Waals surface area (Å²) >= 11 is 3.35. The van der Waals surface area contributed by atoms with Crippen LogP contribution in [0.3, 0.4) is 0 Å². The van der Waals surface area contributed by atoms with E-state index in [0.717, 1.165) is 10.2 Å². The van der Waals surface area contributed by atoms with Crippen LogP contribution in [0.1, 0.15) is 5.56 Å². The van der Waals surface area contributed by atoms with E-state index in [1.54, 1.807) is 6.07 Å². The molecule has 4 heteroatoms. The van der Waals surface area contributed by atoms with E-state index in [9.17, 15) is 0 Å². The molecule has 0 aliphatic rings. The highest BCUT2D eigenvalue weighted by atomic mass is 79.9. The minimum Gasteiger partial charge on any atom is -0.395 e. The van der Waals surface area contributed by atoms with Crippen molar-refractivity contribution in [1.82, 2.24) is 0 Å². The van der Waals surface area contributed by atoms with E-state index in [2.05, 4.69) is 22.0 Å². The molecule has 0 aliphatic carbocycles. The zero-order valence-electron chi connectivity index (χ0n) is 7.87. The number of nitrogens with zero attached hydrogens (tertiary/aromatic N) is 2. The van der Waals surface area contributed by atoms with Crippen molar-refractivity contribution in [3.63, 3.8) is 0 Å². The Bertz CT molecular complexity index is 360. The van der Waals surface area contributed by atoms with E-state index in [1.165, 1.54) is 0 Å². The van der Waals surface area contributed by atoms with E-state index < -0.39 is 0 Å². The summed E-state index contributed by atoms with van der Waals surface area (Å²) in [6, 6.07) is 7.57. The third-order valence-corrected chi connectivity index (χ3v) is 2.42. The predicted octanol–water partition coefficient (Wildman–Crippen LogP) is 1.75. The van der Waals surface area contributed by atoms with Crippen LogP contribution in [0.5, 0.6) is 0 Å². The number of hydrogen-bond donors (Lipinski definition) is 1. The smallest absolute Gasteiger partial charge is 0.101 e. The molecule has 0 saturated heterocycles. The van der Waals surface area contributed by atoms with Crippen LogP contribution in [0.25, 0.3) is 0 Å². The number of rotatable bonds is 3. The average Bonchev–Trinajstić information content (AvgIpc) is 2.18. The standard InChI is InChI=1S/C10H11BrN2O/c1-13(4-5-14)10-6-9(11)3-2-8(10)7-12/h2-3,6,14H,4-5H2,1H3. The summed E-state index contributed by atoms with van der Waals surface area (Å²) in [5.41, 5.74) is 1.44. The second-order valence-electron chi connectivity index (χ2n) is 2.92. The summed E-state index contributed by atoms with van der Waals surface area (Å²) in [6.07, 6.45) is 0. The predicted molar refractivity (Wildman–Crippen MR) is 59.2 cm³/mol. The van der Waals surface area contributed by atoms with Gasteiger partial charge in [-0.3, -0.25) is 0 Å². The van der Waals surface area contributed by atoms with Crippen molar-refractivity contribution in [2.45, 2.75) is 0 Å². The molecule has 1 N–H and O–H groups in total. The number of anilines is 1. The maximum atomic E-state index is 8.87. The molecule has 0 amide bonds. The van der Waals surface area contributed by atoms with Crippen LogP contribution in [-0.4, -0.2) is 25.3 Å². The van der Waals surface area contributed by atoms with E-state index in [0.29, 0.717) is 12.1 Å². The van der Waals surface area contributed by atoms with Gasteiger partial charge in [-0.1, -0.05) is 15.9 Å². The Morgan fingerprint density at radius 3 is 2.86 bits per heavy atom. The Hall–Kier alpha value is -1.05. The lowest BCUT2D eigenvalue weighted by Crippen LogP contribution is -2.22. The Balaban J connectivity index is 3.05. The second-order valence-corrected chi connectivity index (χ2v) is 3.83. The Labute approximate surface area is 91.7 Å². The highest BCUT2D eigenvalue weighted by Gasteiger charge is 2.06. The molecule has 0 radical (unpaired) electrons. The van der Waals surface area contributed by atoms with E-state index in [4.69, 9.17) is 10.4 Å². The van der Waals surface area contributed by atoms with Crippen molar-refractivity contribution in [3.05, 3.63) is 28.2 Å². The SMILES string of the molecule is CN(CCO)c1cc(Br)ccc1C#N. The summed E-state index contributed by atoms with van der Waals surface area (Å²) in [5, 5.41) is 17.7. The molecular weight excluding hydrogens is 244 g/mol. The van der Waals surface area contributed by atoms with Gasteiger partial charge in [0.2, 0.25) is 0 Å². The topological polar surface area (TPSA) is 47.3 Å². The maximum absolute atomic E-state index is 8.87. The molecule has 1 aromatic rings. The number of likely N-dealkylation sites (N-methyl/N-ethyl adjacent to an activating group) is 1. The van der Waals surface area contributed by atoms with Gasteiger partial charge >= 0.3 is 0 Å². The summed E-state index contributed by atoms with van der Waals surface area (Å²) in [4.78, 5) is 1.85. The van der Waals surface area contributed by atoms with E-state index in [1.807, 2.05) is 24.1 Å². The van der Waals surface area contributed by atoms with Crippen molar-refractivity contribution in [1.29, 1.82) is 5.26 Å². The fourth-order valence-corrected chi connectivity index (χ4v) is 1.53. The first-order valence-electron chi connectivity index (χ1n) is 4.20. The summed E-state index contributed by atoms with van der Waals surface area (Å²) in [6.45, 7) is 0.596. The molecule has 0 atom stereocenters. The van der Waals surface area contributed by atoms with Gasteiger partial charge in [0.15, 0.2) is 0 Å². The number of benzene rings is 1. The number of aliphatic hydroxyl groups is 1. The molecule has 1 aromatic carbocycles. The molecule has 1 rings (SSSR count). The van der Waals surface area contributed by atoms with E-state index >= 15 is 0 Å². The lowest BCUT2D eigenvalue weighted by Gasteiger charge is -2.19. The Morgan fingerprint density at radius 1 is 1.57 bits per heavy atom. The quantitative estimate of drug-likeness (QED) is 0.895. The van der Waals surface area contributed by atoms with Gasteiger partial charge < -0.3 is 10.0 Å². The summed E-state index contributed by atoms with van der Waals surface area (Å²) in [5.74, 6) is 0. The molecular formula is C10H11BrN2O. The monoisotopic (exact) mass is 254 g/mol. The molecule has 0 heterocycles. The number of hydrogen-bond acceptors (Lipinski definition) is 3. The fraction of sp³-hybridized carbons (Fsp3) is 0.300. The van der Waals surface area contributed by atoms with Crippen LogP contribution >= 0.6 is 15.9 Å². The highest BCUT2D eigenvalue weighted by molar-refractivity contribution is 9.10. The van der Waals surface area contributed by atoms with E-state index in [-0.39, 0.29) is 6.61 Å². The van der Waals surface area contributed by atoms with Crippen molar-refractivity contribution in [3.8, 4) is 6.07 Å². The Morgan fingerprint density at radius 2 is 2.29 bits per heavy atom. The first-order chi connectivity index (χ1) is 6.69. The summed E-state index contributed by atoms with van der Waals surface area (Å²) < 4.78 is 0.927. The number of halogens is 1. The number of aliphatic hydroxyl groups excluding tert-OH is 1. The average molecular weight is 255 g/mol. The van der Waals surface area contributed by atoms with Crippen molar-refractivity contribution in [2.75, 3.05) is 25.1 Å². The molecule has 0 aliphatic heterocycles. The van der Waals surface area contributed by atoms with Crippen LogP contribution in [0.4, 0.5) is 5.69 Å². The zero-order valence-corrected chi connectivity index (χ0v) is 9.45. The van der Waals surface area contributed by atoms with Crippen LogP contribution in [0.2, 0.25) is 0 Å². The van der Waals surface area contributed by atoms with Crippen LogP contribution in [-0.2, 0) is 0 Å². The van der Waals surface area contributed by atoms with Crippen molar-refractivity contribution < 1.29 is 5.11 Å². The van der Waals surface area contributed by atoms with Gasteiger partial charge in [0.25, 0.3) is 0 Å². The molecule has 0 spiro atoms. The van der Waals surface area contributed by atoms with Crippen LogP contribution in [0.15, 0.2) is 22.7 Å². The maximum Gasteiger partial charge on any atom is 0.101 e. The molecule has 0 saturated carbocycles. The van der Waals surface area contributed by atoms with Crippen LogP contribution < -0.4 is 4.90 Å². The number of nitriles is 1. The highest BCUT2D eigenvalue weighted by Crippen LogP contribution is 2.23. The molecule has 14 heavy (non-hydrogen) atoms. The molecule has 3 nitrogen and oxygen atoms in total. The van der Waals surface area contributed by atoms with Crippen LogP contribution in [0, 0.1) is 11.3 Å². The molecule has 0 fully saturated rings. The lowest BCUT2D eigenvalue weighted by molar-refractivity contribution is 0.304. The first-order valence-corrected chi connectivity index (χ1v) is 5.00. The molecule has 0 bridgehead atoms. The lowest BCUT2D eigenvalue weighted by atomic mass is 10.2. The third kappa shape index (κ3) is 2.47. The third-order valence-electron chi connectivity index (χ3n) is 1.93. The molecule has 0 unspecified atom stereocenters. The molecule has 0 aromatic heterocycles. The largest absolute Gasteiger partial charge is 0.395 e. The van der Waals surface area contributed by atoms with Gasteiger partial charge in [0, 0.05) is 18.1 Å².